The quantitative estimate of drug-likeness (QED) is 0.808. The van der Waals surface area contributed by atoms with Crippen molar-refractivity contribution < 1.29 is 4.74 Å². The smallest absolute Gasteiger partial charge is 0.0947 e. The van der Waals surface area contributed by atoms with Crippen LogP contribution in [0.25, 0.3) is 0 Å². The summed E-state index contributed by atoms with van der Waals surface area (Å²) < 4.78 is 5.84. The van der Waals surface area contributed by atoms with Crippen molar-refractivity contribution in [2.24, 2.45) is 5.41 Å². The average Bonchev–Trinajstić information content (AvgIpc) is 2.95. The number of hydrogen-bond acceptors (Lipinski definition) is 4. The number of aryl methyl sites for hydroxylation is 2. The molecule has 1 aromatic heterocycles. The summed E-state index contributed by atoms with van der Waals surface area (Å²) in [5.74, 6) is 0. The van der Waals surface area contributed by atoms with Crippen LogP contribution in [-0.4, -0.2) is 17.2 Å². The molecular formula is C13H16N2OS. The highest BCUT2D eigenvalue weighted by Crippen LogP contribution is 2.49. The fourth-order valence-corrected chi connectivity index (χ4v) is 4.09. The highest BCUT2D eigenvalue weighted by atomic mass is 32.1. The molecule has 0 aromatic carbocycles. The summed E-state index contributed by atoms with van der Waals surface area (Å²) in [6.07, 6.45) is 4.30. The van der Waals surface area contributed by atoms with Crippen LogP contribution in [0.4, 0.5) is 0 Å². The summed E-state index contributed by atoms with van der Waals surface area (Å²) in [5.41, 5.74) is 0.793. The topological polar surface area (TPSA) is 45.9 Å². The molecule has 3 atom stereocenters. The molecule has 2 aliphatic rings. The fraction of sp³-hybridized carbons (Fsp3) is 0.692. The maximum atomic E-state index is 9.52. The van der Waals surface area contributed by atoms with Gasteiger partial charge in [0, 0.05) is 11.3 Å². The third kappa shape index (κ3) is 1.69. The maximum Gasteiger partial charge on any atom is 0.0947 e. The first-order valence-electron chi connectivity index (χ1n) is 6.12. The van der Waals surface area contributed by atoms with Crippen molar-refractivity contribution in [3.8, 4) is 6.07 Å². The van der Waals surface area contributed by atoms with Crippen LogP contribution in [0.1, 0.15) is 34.8 Å². The summed E-state index contributed by atoms with van der Waals surface area (Å²) in [5, 5.41) is 10.6. The molecule has 0 saturated carbocycles. The number of ether oxygens (including phenoxy) is 1. The lowest BCUT2D eigenvalue weighted by Crippen LogP contribution is -2.33. The summed E-state index contributed by atoms with van der Waals surface area (Å²) in [6, 6.07) is 2.53. The minimum Gasteiger partial charge on any atom is -0.373 e. The van der Waals surface area contributed by atoms with Gasteiger partial charge in [-0.05, 0) is 33.1 Å². The van der Waals surface area contributed by atoms with Gasteiger partial charge in [0.05, 0.1) is 34.4 Å². The zero-order valence-electron chi connectivity index (χ0n) is 10.2. The van der Waals surface area contributed by atoms with Crippen LogP contribution >= 0.6 is 11.3 Å². The van der Waals surface area contributed by atoms with E-state index in [1.165, 1.54) is 4.88 Å². The molecule has 0 N–H and O–H groups in total. The van der Waals surface area contributed by atoms with Gasteiger partial charge in [0.15, 0.2) is 0 Å². The molecule has 3 heterocycles. The van der Waals surface area contributed by atoms with E-state index in [4.69, 9.17) is 4.74 Å². The first-order valence-corrected chi connectivity index (χ1v) is 6.94. The van der Waals surface area contributed by atoms with Gasteiger partial charge in [-0.3, -0.25) is 0 Å². The van der Waals surface area contributed by atoms with Gasteiger partial charge >= 0.3 is 0 Å². The number of fused-ring (bicyclic) bond motifs is 2. The van der Waals surface area contributed by atoms with Gasteiger partial charge in [0.1, 0.15) is 0 Å². The van der Waals surface area contributed by atoms with Crippen molar-refractivity contribution >= 4 is 11.3 Å². The molecule has 17 heavy (non-hydrogen) atoms. The predicted molar refractivity (Wildman–Crippen MR) is 65.9 cm³/mol. The van der Waals surface area contributed by atoms with Gasteiger partial charge in [-0.25, -0.2) is 4.98 Å². The fourth-order valence-electron chi connectivity index (χ4n) is 3.03. The Morgan fingerprint density at radius 1 is 1.53 bits per heavy atom. The van der Waals surface area contributed by atoms with Crippen molar-refractivity contribution in [1.82, 2.24) is 4.98 Å². The number of aromatic nitrogens is 1. The minimum absolute atomic E-state index is 0.141. The highest BCUT2D eigenvalue weighted by molar-refractivity contribution is 7.11. The molecule has 2 aliphatic heterocycles. The van der Waals surface area contributed by atoms with Gasteiger partial charge in [-0.2, -0.15) is 5.26 Å². The Labute approximate surface area is 105 Å². The van der Waals surface area contributed by atoms with E-state index < -0.39 is 0 Å². The highest BCUT2D eigenvalue weighted by Gasteiger charge is 2.53. The Balaban J connectivity index is 1.86. The third-order valence-corrected chi connectivity index (χ3v) is 5.15. The summed E-state index contributed by atoms with van der Waals surface area (Å²) in [4.78, 5) is 5.82. The molecule has 0 spiro atoms. The van der Waals surface area contributed by atoms with Crippen molar-refractivity contribution in [3.05, 3.63) is 15.6 Å². The molecule has 90 valence electrons. The lowest BCUT2D eigenvalue weighted by molar-refractivity contribution is 0.0787. The first kappa shape index (κ1) is 11.2. The van der Waals surface area contributed by atoms with Crippen molar-refractivity contribution in [2.45, 2.75) is 51.7 Å². The van der Waals surface area contributed by atoms with Crippen LogP contribution in [0.2, 0.25) is 0 Å². The van der Waals surface area contributed by atoms with Crippen LogP contribution < -0.4 is 0 Å². The standard InChI is InChI=1S/C13H16N2OS/c1-8-9(2)17-12(15-8)6-13(7-14)5-10-3-4-11(13)16-10/h10-11H,3-6H2,1-2H3. The zero-order valence-corrected chi connectivity index (χ0v) is 11.0. The third-order valence-electron chi connectivity index (χ3n) is 4.08. The lowest BCUT2D eigenvalue weighted by atomic mass is 9.73. The Hall–Kier alpha value is -0.920. The van der Waals surface area contributed by atoms with E-state index in [2.05, 4.69) is 18.0 Å². The van der Waals surface area contributed by atoms with Crippen LogP contribution in [0, 0.1) is 30.6 Å². The van der Waals surface area contributed by atoms with E-state index in [9.17, 15) is 5.26 Å². The number of rotatable bonds is 2. The molecule has 0 aliphatic carbocycles. The van der Waals surface area contributed by atoms with Gasteiger partial charge in [0.2, 0.25) is 0 Å². The number of thiazole rings is 1. The summed E-state index contributed by atoms with van der Waals surface area (Å²) >= 11 is 1.72. The molecule has 3 rings (SSSR count). The molecule has 4 heteroatoms. The number of hydrogen-bond donors (Lipinski definition) is 0. The summed E-state index contributed by atoms with van der Waals surface area (Å²) in [6.45, 7) is 4.12. The molecule has 3 nitrogen and oxygen atoms in total. The molecule has 3 unspecified atom stereocenters. The van der Waals surface area contributed by atoms with Crippen molar-refractivity contribution in [2.75, 3.05) is 0 Å². The molecular weight excluding hydrogens is 232 g/mol. The number of nitrogens with zero attached hydrogens (tertiary/aromatic N) is 2. The largest absolute Gasteiger partial charge is 0.373 e. The van der Waals surface area contributed by atoms with E-state index in [0.29, 0.717) is 6.10 Å². The molecule has 2 fully saturated rings. The van der Waals surface area contributed by atoms with Crippen LogP contribution in [-0.2, 0) is 11.2 Å². The Morgan fingerprint density at radius 2 is 2.35 bits per heavy atom. The van der Waals surface area contributed by atoms with Gasteiger partial charge in [0.25, 0.3) is 0 Å². The van der Waals surface area contributed by atoms with Gasteiger partial charge in [-0.1, -0.05) is 0 Å². The maximum absolute atomic E-state index is 9.52. The van der Waals surface area contributed by atoms with Crippen molar-refractivity contribution in [1.29, 1.82) is 5.26 Å². The van der Waals surface area contributed by atoms with Crippen LogP contribution in [0.3, 0.4) is 0 Å². The molecule has 0 amide bonds. The van der Waals surface area contributed by atoms with E-state index >= 15 is 0 Å². The van der Waals surface area contributed by atoms with E-state index in [0.717, 1.165) is 36.4 Å². The molecule has 0 radical (unpaired) electrons. The predicted octanol–water partition coefficient (Wildman–Crippen LogP) is 2.76. The normalized spacial score (nSPS) is 35.1. The van der Waals surface area contributed by atoms with Gasteiger partial charge in [-0.15, -0.1) is 11.3 Å². The second-order valence-electron chi connectivity index (χ2n) is 5.22. The second-order valence-corrected chi connectivity index (χ2v) is 6.51. The van der Waals surface area contributed by atoms with Crippen LogP contribution in [0.15, 0.2) is 0 Å². The second kappa shape index (κ2) is 3.79. The Bertz CT molecular complexity index is 471. The Kier molecular flexibility index (Phi) is 2.49. The monoisotopic (exact) mass is 248 g/mol. The first-order chi connectivity index (χ1) is 8.13. The van der Waals surface area contributed by atoms with Gasteiger partial charge < -0.3 is 4.74 Å². The lowest BCUT2D eigenvalue weighted by Gasteiger charge is -2.26. The number of nitriles is 1. The van der Waals surface area contributed by atoms with E-state index in [1.807, 2.05) is 6.92 Å². The zero-order chi connectivity index (χ0) is 12.0. The molecule has 1 aromatic rings. The summed E-state index contributed by atoms with van der Waals surface area (Å²) in [7, 11) is 0. The van der Waals surface area contributed by atoms with E-state index in [-0.39, 0.29) is 11.5 Å². The Morgan fingerprint density at radius 3 is 2.82 bits per heavy atom. The molecule has 2 bridgehead atoms. The van der Waals surface area contributed by atoms with Crippen molar-refractivity contribution in [3.63, 3.8) is 0 Å². The average molecular weight is 248 g/mol. The molecule has 2 saturated heterocycles. The SMILES string of the molecule is Cc1nc(CC2(C#N)CC3CCC2O3)sc1C. The van der Waals surface area contributed by atoms with E-state index in [1.54, 1.807) is 11.3 Å². The minimum atomic E-state index is -0.306. The van der Waals surface area contributed by atoms with Crippen LogP contribution in [0.5, 0.6) is 0 Å².